The molecule has 2 saturated heterocycles. The highest BCUT2D eigenvalue weighted by molar-refractivity contribution is 6.05. The van der Waals surface area contributed by atoms with Gasteiger partial charge >= 0.3 is 6.03 Å². The molecule has 0 spiro atoms. The molecular formula is C27H31N5O4. The molecule has 188 valence electrons. The molecule has 0 radical (unpaired) electrons. The first kappa shape index (κ1) is 22.7. The average molecular weight is 490 g/mol. The number of benzene rings is 1. The van der Waals surface area contributed by atoms with Crippen molar-refractivity contribution in [3.05, 3.63) is 53.6 Å². The minimum Gasteiger partial charge on any atom is -0.497 e. The third-order valence-corrected chi connectivity index (χ3v) is 7.35. The third kappa shape index (κ3) is 4.03. The monoisotopic (exact) mass is 489 g/mol. The maximum absolute atomic E-state index is 13.0. The van der Waals surface area contributed by atoms with Gasteiger partial charge in [-0.3, -0.25) is 4.98 Å². The number of nitrogens with two attached hydrogens (primary N) is 1. The summed E-state index contributed by atoms with van der Waals surface area (Å²) in [6.07, 6.45) is 9.28. The van der Waals surface area contributed by atoms with Crippen LogP contribution in [0, 0.1) is 0 Å². The van der Waals surface area contributed by atoms with Gasteiger partial charge < -0.3 is 34.6 Å². The minimum absolute atomic E-state index is 0.110. The topological polar surface area (TPSA) is 93.4 Å². The molecule has 1 aliphatic carbocycles. The number of amides is 2. The van der Waals surface area contributed by atoms with Crippen LogP contribution in [0.3, 0.4) is 0 Å². The molecule has 0 saturated carbocycles. The first-order valence-corrected chi connectivity index (χ1v) is 12.5. The lowest BCUT2D eigenvalue weighted by Crippen LogP contribution is -2.49. The number of nitrogens with zero attached hydrogens (tertiary/aromatic N) is 4. The van der Waals surface area contributed by atoms with Crippen LogP contribution in [0.15, 0.2) is 48.1 Å². The summed E-state index contributed by atoms with van der Waals surface area (Å²) in [6.45, 7) is 5.54. The van der Waals surface area contributed by atoms with E-state index in [2.05, 4.69) is 22.0 Å². The number of pyridine rings is 1. The van der Waals surface area contributed by atoms with Crippen molar-refractivity contribution in [1.29, 1.82) is 0 Å². The first-order valence-electron chi connectivity index (χ1n) is 12.5. The molecule has 2 N–H and O–H groups in total. The molecule has 2 amide bonds. The van der Waals surface area contributed by atoms with Crippen molar-refractivity contribution in [2.45, 2.75) is 12.8 Å². The van der Waals surface area contributed by atoms with Gasteiger partial charge in [0.25, 0.3) is 0 Å². The number of ether oxygens (including phenoxy) is 3. The second-order valence-corrected chi connectivity index (χ2v) is 9.47. The van der Waals surface area contributed by atoms with E-state index < -0.39 is 0 Å². The largest absolute Gasteiger partial charge is 0.497 e. The van der Waals surface area contributed by atoms with Crippen molar-refractivity contribution >= 4 is 33.9 Å². The number of hydrogen-bond acceptors (Lipinski definition) is 7. The van der Waals surface area contributed by atoms with Crippen LogP contribution in [-0.4, -0.2) is 80.4 Å². The molecule has 36 heavy (non-hydrogen) atoms. The van der Waals surface area contributed by atoms with Gasteiger partial charge in [-0.2, -0.15) is 0 Å². The summed E-state index contributed by atoms with van der Waals surface area (Å²) in [4.78, 5) is 23.8. The highest BCUT2D eigenvalue weighted by atomic mass is 16.5. The Bertz CT molecular complexity index is 1290. The Balaban J connectivity index is 1.32. The highest BCUT2D eigenvalue weighted by Gasteiger charge is 2.28. The number of methoxy groups -OCH3 is 1. The number of carbonyl (C=O) groups is 1. The molecule has 0 bridgehead atoms. The number of anilines is 2. The summed E-state index contributed by atoms with van der Waals surface area (Å²) >= 11 is 0. The Labute approximate surface area is 210 Å². The van der Waals surface area contributed by atoms with Gasteiger partial charge in [0.2, 0.25) is 0 Å². The number of rotatable bonds is 2. The van der Waals surface area contributed by atoms with Crippen LogP contribution in [-0.2, 0) is 9.47 Å². The maximum Gasteiger partial charge on any atom is 0.320 e. The van der Waals surface area contributed by atoms with Gasteiger partial charge in [0.15, 0.2) is 5.75 Å². The number of nitrogen functional groups attached to an aromatic ring is 1. The fourth-order valence-corrected chi connectivity index (χ4v) is 5.40. The van der Waals surface area contributed by atoms with Crippen molar-refractivity contribution in [2.75, 3.05) is 70.2 Å². The Kier molecular flexibility index (Phi) is 5.92. The number of carbonyl (C=O) groups excluding carboxylic acids is 1. The van der Waals surface area contributed by atoms with E-state index in [0.717, 1.165) is 71.5 Å². The van der Waals surface area contributed by atoms with Crippen LogP contribution >= 0.6 is 0 Å². The van der Waals surface area contributed by atoms with Gasteiger partial charge in [-0.1, -0.05) is 0 Å². The predicted octanol–water partition coefficient (Wildman–Crippen LogP) is 3.38. The molecular weight excluding hydrogens is 458 g/mol. The lowest BCUT2D eigenvalue weighted by atomic mass is 9.88. The molecule has 3 aliphatic heterocycles. The van der Waals surface area contributed by atoms with Crippen molar-refractivity contribution in [2.24, 2.45) is 0 Å². The number of urea groups is 1. The van der Waals surface area contributed by atoms with E-state index in [0.29, 0.717) is 44.3 Å². The van der Waals surface area contributed by atoms with Crippen LogP contribution in [0.2, 0.25) is 0 Å². The summed E-state index contributed by atoms with van der Waals surface area (Å²) in [5.74, 6) is 1.55. The van der Waals surface area contributed by atoms with Gasteiger partial charge in [-0.15, -0.1) is 0 Å². The van der Waals surface area contributed by atoms with Crippen LogP contribution in [0.5, 0.6) is 5.75 Å². The molecule has 1 aromatic carbocycles. The molecule has 2 aromatic rings. The van der Waals surface area contributed by atoms with Gasteiger partial charge in [0.05, 0.1) is 44.0 Å². The van der Waals surface area contributed by atoms with E-state index >= 15 is 0 Å². The van der Waals surface area contributed by atoms with Gasteiger partial charge in [-0.25, -0.2) is 4.79 Å². The van der Waals surface area contributed by atoms with Gasteiger partial charge in [-0.05, 0) is 48.3 Å². The molecule has 2 fully saturated rings. The molecule has 0 atom stereocenters. The van der Waals surface area contributed by atoms with Crippen LogP contribution in [0.4, 0.5) is 16.2 Å². The standard InChI is InChI=1S/C27H31N5O4/c1-34-20-4-3-18-17-36-24-16-29-26-22(25(24)21(18)15-20)13-19(14-23(26)28)30-5-2-6-31(8-7-30)27(33)32-9-11-35-12-10-32/h4,13-17H,2-3,5-12,28H2,1H3. The molecule has 4 aliphatic rings. The SMILES string of the molecule is COC1=CCC2=COc3cnc4c(N)cc(N5CCCN(C(=O)N6CCOCC6)CC5)cc4c3C2=C1. The lowest BCUT2D eigenvalue weighted by Gasteiger charge is -2.32. The second-order valence-electron chi connectivity index (χ2n) is 9.47. The number of allylic oxidation sites excluding steroid dienone is 4. The maximum atomic E-state index is 13.0. The normalized spacial score (nSPS) is 19.9. The third-order valence-electron chi connectivity index (χ3n) is 7.35. The van der Waals surface area contributed by atoms with E-state index in [9.17, 15) is 4.79 Å². The Morgan fingerprint density at radius 3 is 2.75 bits per heavy atom. The number of aromatic nitrogens is 1. The molecule has 6 rings (SSSR count). The quantitative estimate of drug-likeness (QED) is 0.647. The molecule has 1 aromatic heterocycles. The van der Waals surface area contributed by atoms with E-state index in [1.807, 2.05) is 21.9 Å². The second kappa shape index (κ2) is 9.39. The van der Waals surface area contributed by atoms with E-state index in [-0.39, 0.29) is 6.03 Å². The lowest BCUT2D eigenvalue weighted by molar-refractivity contribution is 0.0438. The zero-order chi connectivity index (χ0) is 24.6. The molecule has 0 unspecified atom stereocenters. The van der Waals surface area contributed by atoms with Gasteiger partial charge in [0, 0.05) is 55.9 Å². The Morgan fingerprint density at radius 2 is 1.92 bits per heavy atom. The molecule has 9 nitrogen and oxygen atoms in total. The average Bonchev–Trinajstić information content (AvgIpc) is 3.18. The van der Waals surface area contributed by atoms with Crippen LogP contribution in [0.1, 0.15) is 18.4 Å². The first-order chi connectivity index (χ1) is 17.6. The van der Waals surface area contributed by atoms with Crippen LogP contribution in [0.25, 0.3) is 16.5 Å². The van der Waals surface area contributed by atoms with Crippen molar-refractivity contribution in [3.8, 4) is 5.75 Å². The smallest absolute Gasteiger partial charge is 0.320 e. The zero-order valence-electron chi connectivity index (χ0n) is 20.5. The Hall–Kier alpha value is -3.72. The number of fused-ring (bicyclic) bond motifs is 5. The summed E-state index contributed by atoms with van der Waals surface area (Å²) < 4.78 is 16.9. The summed E-state index contributed by atoms with van der Waals surface area (Å²) in [6, 6.07) is 4.27. The van der Waals surface area contributed by atoms with E-state index in [4.69, 9.17) is 19.9 Å². The van der Waals surface area contributed by atoms with E-state index in [1.54, 1.807) is 19.6 Å². The zero-order valence-corrected chi connectivity index (χ0v) is 20.5. The number of morpholine rings is 1. The molecule has 9 heteroatoms. The summed E-state index contributed by atoms with van der Waals surface area (Å²) in [5.41, 5.74) is 12.1. The number of hydrogen-bond donors (Lipinski definition) is 1. The summed E-state index contributed by atoms with van der Waals surface area (Å²) in [7, 11) is 1.69. The fraction of sp³-hybridized carbons (Fsp3) is 0.407. The van der Waals surface area contributed by atoms with Crippen molar-refractivity contribution < 1.29 is 19.0 Å². The van der Waals surface area contributed by atoms with Gasteiger partial charge in [0.1, 0.15) is 5.76 Å². The molecule has 4 heterocycles. The highest BCUT2D eigenvalue weighted by Crippen LogP contribution is 2.45. The summed E-state index contributed by atoms with van der Waals surface area (Å²) in [5, 5.41) is 0.960. The predicted molar refractivity (Wildman–Crippen MR) is 139 cm³/mol. The Morgan fingerprint density at radius 1 is 1.08 bits per heavy atom. The van der Waals surface area contributed by atoms with Crippen molar-refractivity contribution in [1.82, 2.24) is 14.8 Å². The minimum atomic E-state index is 0.110. The fourth-order valence-electron chi connectivity index (χ4n) is 5.40. The van der Waals surface area contributed by atoms with Crippen molar-refractivity contribution in [3.63, 3.8) is 0 Å². The van der Waals surface area contributed by atoms with E-state index in [1.165, 1.54) is 0 Å². The van der Waals surface area contributed by atoms with Crippen LogP contribution < -0.4 is 15.4 Å².